The highest BCUT2D eigenvalue weighted by Gasteiger charge is 2.29. The highest BCUT2D eigenvalue weighted by molar-refractivity contribution is 7.88. The van der Waals surface area contributed by atoms with Crippen LogP contribution in [0.15, 0.2) is 21.6 Å². The number of hydrogen-bond acceptors (Lipinski definition) is 4. The van der Waals surface area contributed by atoms with Crippen LogP contribution in [0.25, 0.3) is 0 Å². The molecule has 0 aliphatic heterocycles. The van der Waals surface area contributed by atoms with Gasteiger partial charge in [0.2, 0.25) is 5.09 Å². The summed E-state index contributed by atoms with van der Waals surface area (Å²) >= 11 is 0. The van der Waals surface area contributed by atoms with Crippen LogP contribution in [0.1, 0.15) is 10.6 Å². The highest BCUT2D eigenvalue weighted by Crippen LogP contribution is 2.17. The molecule has 0 fully saturated rings. The fourth-order valence-electron chi connectivity index (χ4n) is 1.03. The summed E-state index contributed by atoms with van der Waals surface area (Å²) < 4.78 is 64.4. The van der Waals surface area contributed by atoms with Crippen molar-refractivity contribution in [3.8, 4) is 0 Å². The minimum atomic E-state index is -4.55. The first-order valence-electron chi connectivity index (χ1n) is 4.91. The predicted molar refractivity (Wildman–Crippen MR) is 58.0 cm³/mol. The molecule has 0 spiro atoms. The molecule has 0 radical (unpaired) electrons. The third-order valence-electron chi connectivity index (χ3n) is 1.99. The molecule has 0 saturated carbocycles. The summed E-state index contributed by atoms with van der Waals surface area (Å²) in [5, 5.41) is 1.05. The molecule has 1 aromatic rings. The van der Waals surface area contributed by atoms with E-state index < -0.39 is 39.5 Å². The Bertz CT molecular complexity index is 562. The third-order valence-corrected chi connectivity index (χ3v) is 3.68. The van der Waals surface area contributed by atoms with Crippen LogP contribution in [-0.4, -0.2) is 45.4 Å². The molecular weight excluding hydrogens is 289 g/mol. The number of sulfonamides is 1. The Labute approximate surface area is 107 Å². The summed E-state index contributed by atoms with van der Waals surface area (Å²) in [5.74, 6) is -1.65. The lowest BCUT2D eigenvalue weighted by Crippen LogP contribution is -2.33. The van der Waals surface area contributed by atoms with E-state index in [1.165, 1.54) is 14.1 Å². The molecular formula is C9H11F3N2O4S. The van der Waals surface area contributed by atoms with Crippen molar-refractivity contribution in [2.75, 3.05) is 20.6 Å². The van der Waals surface area contributed by atoms with Crippen molar-refractivity contribution in [3.63, 3.8) is 0 Å². The monoisotopic (exact) mass is 300 g/mol. The predicted octanol–water partition coefficient (Wildman–Crippen LogP) is 0.822. The number of furan rings is 1. The fraction of sp³-hybridized carbons (Fsp3) is 0.444. The van der Waals surface area contributed by atoms with Crippen LogP contribution < -0.4 is 5.32 Å². The maximum absolute atomic E-state index is 11.9. The molecule has 0 unspecified atom stereocenters. The van der Waals surface area contributed by atoms with Crippen molar-refractivity contribution in [2.24, 2.45) is 0 Å². The Morgan fingerprint density at radius 3 is 2.42 bits per heavy atom. The third kappa shape index (κ3) is 3.96. The summed E-state index contributed by atoms with van der Waals surface area (Å²) in [6, 6.07) is 1.99. The standard InChI is InChI=1S/C9H11F3N2O4S/c1-14(2)19(16,17)7-4-3-6(18-7)8(15)13-5-9(10,11)12/h3-4H,5H2,1-2H3,(H,13,15). The van der Waals surface area contributed by atoms with Crippen molar-refractivity contribution in [1.82, 2.24) is 9.62 Å². The summed E-state index contributed by atoms with van der Waals surface area (Å²) in [6.07, 6.45) is -4.55. The minimum Gasteiger partial charge on any atom is -0.438 e. The summed E-state index contributed by atoms with van der Waals surface area (Å²) in [7, 11) is -1.37. The van der Waals surface area contributed by atoms with E-state index in [9.17, 15) is 26.4 Å². The smallest absolute Gasteiger partial charge is 0.405 e. The maximum Gasteiger partial charge on any atom is 0.405 e. The molecule has 0 saturated heterocycles. The van der Waals surface area contributed by atoms with Crippen molar-refractivity contribution in [2.45, 2.75) is 11.3 Å². The van der Waals surface area contributed by atoms with E-state index in [0.717, 1.165) is 16.4 Å². The van der Waals surface area contributed by atoms with Gasteiger partial charge in [-0.15, -0.1) is 0 Å². The Balaban J connectivity index is 2.84. The van der Waals surface area contributed by atoms with Crippen molar-refractivity contribution >= 4 is 15.9 Å². The fourth-order valence-corrected chi connectivity index (χ4v) is 1.82. The van der Waals surface area contributed by atoms with E-state index in [2.05, 4.69) is 0 Å². The van der Waals surface area contributed by atoms with Gasteiger partial charge in [0.1, 0.15) is 6.54 Å². The molecule has 0 aromatic carbocycles. The van der Waals surface area contributed by atoms with Gasteiger partial charge >= 0.3 is 6.18 Å². The van der Waals surface area contributed by atoms with Crippen LogP contribution in [0.3, 0.4) is 0 Å². The molecule has 0 atom stereocenters. The number of rotatable bonds is 4. The highest BCUT2D eigenvalue weighted by atomic mass is 32.2. The van der Waals surface area contributed by atoms with Gasteiger partial charge in [-0.25, -0.2) is 12.7 Å². The summed E-state index contributed by atoms with van der Waals surface area (Å²) in [5.41, 5.74) is 0. The normalized spacial score (nSPS) is 12.7. The number of amides is 1. The molecule has 1 aromatic heterocycles. The van der Waals surface area contributed by atoms with Crippen molar-refractivity contribution in [1.29, 1.82) is 0 Å². The lowest BCUT2D eigenvalue weighted by atomic mass is 10.4. The van der Waals surface area contributed by atoms with Gasteiger partial charge in [-0.1, -0.05) is 0 Å². The van der Waals surface area contributed by atoms with Crippen LogP contribution in [0.5, 0.6) is 0 Å². The number of hydrogen-bond donors (Lipinski definition) is 1. The maximum atomic E-state index is 11.9. The molecule has 0 aliphatic carbocycles. The van der Waals surface area contributed by atoms with Gasteiger partial charge < -0.3 is 9.73 Å². The van der Waals surface area contributed by atoms with Gasteiger partial charge in [0, 0.05) is 14.1 Å². The van der Waals surface area contributed by atoms with Gasteiger partial charge in [-0.2, -0.15) is 13.2 Å². The number of carbonyl (C=O) groups is 1. The van der Waals surface area contributed by atoms with E-state index in [-0.39, 0.29) is 0 Å². The van der Waals surface area contributed by atoms with E-state index in [1.54, 1.807) is 5.32 Å². The Kier molecular flexibility index (Phi) is 4.25. The van der Waals surface area contributed by atoms with Crippen LogP contribution in [0.4, 0.5) is 13.2 Å². The molecule has 6 nitrogen and oxygen atoms in total. The van der Waals surface area contributed by atoms with Crippen molar-refractivity contribution in [3.05, 3.63) is 17.9 Å². The number of carbonyl (C=O) groups excluding carboxylic acids is 1. The second kappa shape index (κ2) is 5.21. The SMILES string of the molecule is CN(C)S(=O)(=O)c1ccc(C(=O)NCC(F)(F)F)o1. The first-order chi connectivity index (χ1) is 8.54. The Morgan fingerprint density at radius 1 is 1.37 bits per heavy atom. The first kappa shape index (κ1) is 15.5. The second-order valence-electron chi connectivity index (χ2n) is 3.70. The zero-order valence-corrected chi connectivity index (χ0v) is 10.8. The zero-order chi connectivity index (χ0) is 14.8. The Morgan fingerprint density at radius 2 is 1.95 bits per heavy atom. The number of nitrogens with zero attached hydrogens (tertiary/aromatic N) is 1. The summed E-state index contributed by atoms with van der Waals surface area (Å²) in [6.45, 7) is -1.53. The lowest BCUT2D eigenvalue weighted by molar-refractivity contribution is -0.123. The van der Waals surface area contributed by atoms with Gasteiger partial charge in [-0.3, -0.25) is 4.79 Å². The lowest BCUT2D eigenvalue weighted by Gasteiger charge is -2.08. The quantitative estimate of drug-likeness (QED) is 0.893. The van der Waals surface area contributed by atoms with E-state index in [4.69, 9.17) is 4.42 Å². The van der Waals surface area contributed by atoms with Gasteiger partial charge in [0.25, 0.3) is 15.9 Å². The van der Waals surface area contributed by atoms with E-state index in [0.29, 0.717) is 0 Å². The zero-order valence-electron chi connectivity index (χ0n) is 9.98. The van der Waals surface area contributed by atoms with Gasteiger partial charge in [0.15, 0.2) is 5.76 Å². The van der Waals surface area contributed by atoms with Crippen LogP contribution in [0.2, 0.25) is 0 Å². The largest absolute Gasteiger partial charge is 0.438 e. The Hall–Kier alpha value is -1.55. The second-order valence-corrected chi connectivity index (χ2v) is 5.79. The molecule has 1 heterocycles. The van der Waals surface area contributed by atoms with Crippen molar-refractivity contribution < 1.29 is 30.8 Å². The molecule has 19 heavy (non-hydrogen) atoms. The number of alkyl halides is 3. The molecule has 0 bridgehead atoms. The molecule has 108 valence electrons. The molecule has 1 rings (SSSR count). The minimum absolute atomic E-state index is 0.510. The molecule has 1 N–H and O–H groups in total. The number of nitrogens with one attached hydrogen (secondary N) is 1. The topological polar surface area (TPSA) is 79.6 Å². The van der Waals surface area contributed by atoms with Crippen LogP contribution in [0, 0.1) is 0 Å². The van der Waals surface area contributed by atoms with Gasteiger partial charge in [-0.05, 0) is 12.1 Å². The average molecular weight is 300 g/mol. The van der Waals surface area contributed by atoms with E-state index >= 15 is 0 Å². The molecule has 1 amide bonds. The first-order valence-corrected chi connectivity index (χ1v) is 6.35. The average Bonchev–Trinajstić information content (AvgIpc) is 2.74. The molecule has 0 aliphatic rings. The van der Waals surface area contributed by atoms with E-state index in [1.807, 2.05) is 0 Å². The van der Waals surface area contributed by atoms with Crippen LogP contribution >= 0.6 is 0 Å². The molecule has 10 heteroatoms. The number of halogens is 3. The van der Waals surface area contributed by atoms with Gasteiger partial charge in [0.05, 0.1) is 0 Å². The van der Waals surface area contributed by atoms with Crippen LogP contribution in [-0.2, 0) is 10.0 Å². The summed E-state index contributed by atoms with van der Waals surface area (Å²) in [4.78, 5) is 11.3.